The summed E-state index contributed by atoms with van der Waals surface area (Å²) in [5.74, 6) is -0.145. The van der Waals surface area contributed by atoms with E-state index in [1.165, 1.54) is 13.8 Å². The van der Waals surface area contributed by atoms with Gasteiger partial charge in [0, 0.05) is 41.0 Å². The van der Waals surface area contributed by atoms with Crippen LogP contribution in [-0.2, 0) is 19.1 Å². The van der Waals surface area contributed by atoms with Gasteiger partial charge >= 0.3 is 5.97 Å². The minimum Gasteiger partial charge on any atom is -0.451 e. The molecule has 30 heavy (non-hydrogen) atoms. The third-order valence-corrected chi connectivity index (χ3v) is 9.80. The largest absolute Gasteiger partial charge is 0.451 e. The Hall–Kier alpha value is -1.46. The number of aliphatic hydroxyl groups is 1. The SMILES string of the molecule is CC(=O)O[C@]1(C(C)=O)C[C@@H](O)[C@H]2[C@@H]3C=C(Cl)C4=CC(=O)[C@@H]5C[C@@H]5[C@]4(C)[C@H]3CC[C@@]21C. The second-order valence-corrected chi connectivity index (χ2v) is 11.0. The van der Waals surface area contributed by atoms with Crippen LogP contribution < -0.4 is 0 Å². The fourth-order valence-corrected chi connectivity index (χ4v) is 8.48. The summed E-state index contributed by atoms with van der Waals surface area (Å²) < 4.78 is 5.73. The summed E-state index contributed by atoms with van der Waals surface area (Å²) in [6.45, 7) is 7.01. The Kier molecular flexibility index (Phi) is 4.14. The molecule has 6 heteroatoms. The van der Waals surface area contributed by atoms with Crippen LogP contribution >= 0.6 is 11.6 Å². The molecule has 3 saturated carbocycles. The normalized spacial score (nSPS) is 50.9. The van der Waals surface area contributed by atoms with Gasteiger partial charge in [0.25, 0.3) is 0 Å². The number of rotatable bonds is 2. The molecule has 0 aliphatic heterocycles. The molecule has 0 unspecified atom stereocenters. The molecule has 0 aromatic carbocycles. The lowest BCUT2D eigenvalue weighted by Crippen LogP contribution is -2.58. The van der Waals surface area contributed by atoms with Crippen molar-refractivity contribution in [1.29, 1.82) is 0 Å². The van der Waals surface area contributed by atoms with Crippen molar-refractivity contribution in [3.8, 4) is 0 Å². The number of ether oxygens (including phenoxy) is 1. The van der Waals surface area contributed by atoms with Crippen LogP contribution in [0.3, 0.4) is 0 Å². The first-order valence-corrected chi connectivity index (χ1v) is 11.4. The molecule has 9 atom stereocenters. The lowest BCUT2D eigenvalue weighted by molar-refractivity contribution is -0.185. The number of fused-ring (bicyclic) bond motifs is 7. The van der Waals surface area contributed by atoms with E-state index in [0.29, 0.717) is 17.4 Å². The maximum atomic E-state index is 12.8. The quantitative estimate of drug-likeness (QED) is 0.674. The van der Waals surface area contributed by atoms with Crippen molar-refractivity contribution in [3.05, 3.63) is 22.8 Å². The van der Waals surface area contributed by atoms with Crippen molar-refractivity contribution in [2.24, 2.45) is 40.4 Å². The molecule has 0 spiro atoms. The van der Waals surface area contributed by atoms with Gasteiger partial charge in [-0.15, -0.1) is 0 Å². The van der Waals surface area contributed by atoms with E-state index in [1.54, 1.807) is 6.08 Å². The Bertz CT molecular complexity index is 936. The van der Waals surface area contributed by atoms with Crippen molar-refractivity contribution in [2.45, 2.75) is 65.1 Å². The van der Waals surface area contributed by atoms with E-state index in [1.807, 2.05) is 13.0 Å². The molecule has 162 valence electrons. The summed E-state index contributed by atoms with van der Waals surface area (Å²) in [6.07, 6.45) is 5.54. The Morgan fingerprint density at radius 1 is 1.23 bits per heavy atom. The number of carbonyl (C=O) groups is 3. The average molecular weight is 433 g/mol. The summed E-state index contributed by atoms with van der Waals surface area (Å²) in [5.41, 5.74) is -1.22. The van der Waals surface area contributed by atoms with Gasteiger partial charge in [-0.2, -0.15) is 0 Å². The molecule has 0 radical (unpaired) electrons. The second-order valence-electron chi connectivity index (χ2n) is 10.6. The topological polar surface area (TPSA) is 80.7 Å². The highest BCUT2D eigenvalue weighted by Crippen LogP contribution is 2.72. The number of halogens is 1. The first-order valence-electron chi connectivity index (χ1n) is 11.0. The minimum atomic E-state index is -1.31. The van der Waals surface area contributed by atoms with Crippen LogP contribution in [0.2, 0.25) is 0 Å². The molecule has 0 aromatic rings. The summed E-state index contributed by atoms with van der Waals surface area (Å²) in [5, 5.41) is 11.8. The molecule has 0 bridgehead atoms. The van der Waals surface area contributed by atoms with Crippen LogP contribution in [0.15, 0.2) is 22.8 Å². The van der Waals surface area contributed by atoms with E-state index in [-0.39, 0.29) is 47.1 Å². The second kappa shape index (κ2) is 6.07. The monoisotopic (exact) mass is 432 g/mol. The standard InChI is InChI=1S/C24H29ClO5/c1-11(26)24(30-12(2)27)10-20(29)21-14-8-18(25)17-9-19(28)13-7-16(13)23(17,4)15(14)5-6-22(21,24)3/h8-9,13-16,20-21,29H,5-7,10H2,1-4H3/t13-,14-,15+,16+,20-,21-,22+,23+,24+/m1/s1. The van der Waals surface area contributed by atoms with Gasteiger partial charge in [-0.25, -0.2) is 0 Å². The first kappa shape index (κ1) is 20.4. The molecule has 5 rings (SSSR count). The fourth-order valence-electron chi connectivity index (χ4n) is 8.07. The van der Waals surface area contributed by atoms with Crippen LogP contribution in [-0.4, -0.2) is 34.3 Å². The smallest absolute Gasteiger partial charge is 0.303 e. The molecular formula is C24H29ClO5. The zero-order valence-electron chi connectivity index (χ0n) is 17.9. The molecule has 5 aliphatic carbocycles. The molecule has 0 amide bonds. The number of Topliss-reactive ketones (excluding diaryl/α,β-unsaturated/α-hetero) is 1. The Morgan fingerprint density at radius 2 is 1.93 bits per heavy atom. The van der Waals surface area contributed by atoms with Gasteiger partial charge in [-0.1, -0.05) is 31.5 Å². The zero-order valence-corrected chi connectivity index (χ0v) is 18.7. The number of esters is 1. The van der Waals surface area contributed by atoms with E-state index in [4.69, 9.17) is 16.3 Å². The molecule has 5 nitrogen and oxygen atoms in total. The Morgan fingerprint density at radius 3 is 2.57 bits per heavy atom. The highest BCUT2D eigenvalue weighted by atomic mass is 35.5. The Balaban J connectivity index is 1.63. The number of hydrogen-bond acceptors (Lipinski definition) is 5. The lowest BCUT2D eigenvalue weighted by Gasteiger charge is -2.58. The summed E-state index contributed by atoms with van der Waals surface area (Å²) in [4.78, 5) is 37.2. The molecular weight excluding hydrogens is 404 g/mol. The third kappa shape index (κ3) is 2.26. The van der Waals surface area contributed by atoms with Crippen LogP contribution in [0.1, 0.15) is 53.4 Å². The maximum Gasteiger partial charge on any atom is 0.303 e. The maximum absolute atomic E-state index is 12.8. The van der Waals surface area contributed by atoms with Crippen LogP contribution in [0.5, 0.6) is 0 Å². The first-order chi connectivity index (χ1) is 14.0. The summed E-state index contributed by atoms with van der Waals surface area (Å²) >= 11 is 6.76. The van der Waals surface area contributed by atoms with Gasteiger partial charge in [0.15, 0.2) is 17.2 Å². The summed E-state index contributed by atoms with van der Waals surface area (Å²) in [7, 11) is 0. The zero-order chi connectivity index (χ0) is 21.8. The minimum absolute atomic E-state index is 0.0281. The Labute approximate surface area is 181 Å². The van der Waals surface area contributed by atoms with Crippen molar-refractivity contribution < 1.29 is 24.2 Å². The van der Waals surface area contributed by atoms with Gasteiger partial charge in [-0.3, -0.25) is 14.4 Å². The van der Waals surface area contributed by atoms with Gasteiger partial charge in [0.05, 0.1) is 6.10 Å². The molecule has 0 saturated heterocycles. The van der Waals surface area contributed by atoms with E-state index < -0.39 is 23.1 Å². The van der Waals surface area contributed by atoms with Crippen LogP contribution in [0, 0.1) is 40.4 Å². The summed E-state index contributed by atoms with van der Waals surface area (Å²) in [6, 6.07) is 0. The highest BCUT2D eigenvalue weighted by Gasteiger charge is 2.72. The van der Waals surface area contributed by atoms with Gasteiger partial charge in [-0.05, 0) is 55.6 Å². The number of ketones is 2. The van der Waals surface area contributed by atoms with Gasteiger partial charge in [0.2, 0.25) is 0 Å². The number of carbonyl (C=O) groups excluding carboxylic acids is 3. The number of hydrogen-bond donors (Lipinski definition) is 1. The third-order valence-electron chi connectivity index (χ3n) is 9.47. The molecule has 1 N–H and O–H groups in total. The predicted molar refractivity (Wildman–Crippen MR) is 110 cm³/mol. The van der Waals surface area contributed by atoms with Gasteiger partial charge in [0.1, 0.15) is 0 Å². The van der Waals surface area contributed by atoms with Crippen LogP contribution in [0.4, 0.5) is 0 Å². The van der Waals surface area contributed by atoms with Crippen molar-refractivity contribution >= 4 is 29.1 Å². The molecule has 3 fully saturated rings. The molecule has 0 heterocycles. The highest BCUT2D eigenvalue weighted by molar-refractivity contribution is 6.32. The van der Waals surface area contributed by atoms with E-state index >= 15 is 0 Å². The fraction of sp³-hybridized carbons (Fsp3) is 0.708. The number of allylic oxidation sites excluding steroid dienone is 4. The van der Waals surface area contributed by atoms with E-state index in [0.717, 1.165) is 18.4 Å². The lowest BCUT2D eigenvalue weighted by atomic mass is 9.47. The van der Waals surface area contributed by atoms with Crippen molar-refractivity contribution in [2.75, 3.05) is 0 Å². The van der Waals surface area contributed by atoms with E-state index in [2.05, 4.69) is 6.92 Å². The molecule has 5 aliphatic rings. The predicted octanol–water partition coefficient (Wildman–Crippen LogP) is 3.58. The number of aliphatic hydroxyl groups excluding tert-OH is 1. The average Bonchev–Trinajstić information content (AvgIpc) is 3.41. The van der Waals surface area contributed by atoms with E-state index in [9.17, 15) is 19.5 Å². The van der Waals surface area contributed by atoms with Crippen molar-refractivity contribution in [3.63, 3.8) is 0 Å². The van der Waals surface area contributed by atoms with Crippen molar-refractivity contribution in [1.82, 2.24) is 0 Å². The molecule has 0 aromatic heterocycles. The van der Waals surface area contributed by atoms with Gasteiger partial charge < -0.3 is 9.84 Å². The van der Waals surface area contributed by atoms with Crippen LogP contribution in [0.25, 0.3) is 0 Å².